The van der Waals surface area contributed by atoms with Crippen LogP contribution in [-0.4, -0.2) is 9.97 Å². The van der Waals surface area contributed by atoms with Crippen LogP contribution in [0.4, 0.5) is 28.7 Å². The lowest BCUT2D eigenvalue weighted by molar-refractivity contribution is 1.14. The van der Waals surface area contributed by atoms with E-state index in [2.05, 4.69) is 39.7 Å². The first-order valence-corrected chi connectivity index (χ1v) is 7.96. The fourth-order valence-corrected chi connectivity index (χ4v) is 2.40. The van der Waals surface area contributed by atoms with Gasteiger partial charge >= 0.3 is 0 Å². The van der Waals surface area contributed by atoms with Crippen molar-refractivity contribution in [2.75, 3.05) is 16.4 Å². The van der Waals surface area contributed by atoms with Gasteiger partial charge in [0.25, 0.3) is 0 Å². The first-order valence-electron chi connectivity index (χ1n) is 7.96. The molecule has 3 rings (SSSR count). The van der Waals surface area contributed by atoms with Crippen molar-refractivity contribution in [3.8, 4) is 0 Å². The van der Waals surface area contributed by atoms with Gasteiger partial charge in [0.2, 0.25) is 0 Å². The zero-order valence-electron chi connectivity index (χ0n) is 13.9. The molecule has 0 aliphatic rings. The number of nitrogen functional groups attached to an aromatic ring is 1. The third kappa shape index (κ3) is 3.46. The van der Waals surface area contributed by atoms with Crippen LogP contribution in [0.1, 0.15) is 18.1 Å². The van der Waals surface area contributed by atoms with Crippen molar-refractivity contribution in [1.29, 1.82) is 0 Å². The quantitative estimate of drug-likeness (QED) is 0.649. The minimum Gasteiger partial charge on any atom is -0.393 e. The molecule has 5 nitrogen and oxygen atoms in total. The molecule has 0 fully saturated rings. The highest BCUT2D eigenvalue weighted by molar-refractivity contribution is 5.80. The van der Waals surface area contributed by atoms with Crippen molar-refractivity contribution in [1.82, 2.24) is 9.97 Å². The molecule has 0 saturated carbocycles. The second-order valence-corrected chi connectivity index (χ2v) is 5.60. The fourth-order valence-electron chi connectivity index (χ4n) is 2.40. The highest BCUT2D eigenvalue weighted by Gasteiger charge is 2.09. The fraction of sp³-hybridized carbons (Fsp3) is 0.158. The molecule has 0 bridgehead atoms. The molecule has 0 unspecified atom stereocenters. The summed E-state index contributed by atoms with van der Waals surface area (Å²) in [4.78, 5) is 8.51. The van der Waals surface area contributed by atoms with Gasteiger partial charge in [0.15, 0.2) is 11.6 Å². The van der Waals surface area contributed by atoms with E-state index in [0.717, 1.165) is 23.4 Å². The lowest BCUT2D eigenvalue weighted by Gasteiger charge is -2.14. The number of anilines is 5. The van der Waals surface area contributed by atoms with Crippen LogP contribution in [-0.2, 0) is 6.42 Å². The van der Waals surface area contributed by atoms with Crippen LogP contribution < -0.4 is 16.4 Å². The smallest absolute Gasteiger partial charge is 0.159 e. The number of hydrogen-bond acceptors (Lipinski definition) is 5. The van der Waals surface area contributed by atoms with Crippen molar-refractivity contribution in [3.05, 3.63) is 66.0 Å². The van der Waals surface area contributed by atoms with E-state index in [1.165, 1.54) is 11.9 Å². The molecular weight excluding hydrogens is 298 g/mol. The number of nitrogens with zero attached hydrogens (tertiary/aromatic N) is 2. The predicted molar refractivity (Wildman–Crippen MR) is 100 cm³/mol. The van der Waals surface area contributed by atoms with Crippen LogP contribution in [0.2, 0.25) is 0 Å². The Kier molecular flexibility index (Phi) is 4.61. The molecule has 1 heterocycles. The summed E-state index contributed by atoms with van der Waals surface area (Å²) in [6.45, 7) is 4.17. The number of nitrogens with two attached hydrogens (primary N) is 1. The summed E-state index contributed by atoms with van der Waals surface area (Å²) in [7, 11) is 0. The Hall–Kier alpha value is -3.08. The number of para-hydroxylation sites is 1. The maximum absolute atomic E-state index is 6.24. The van der Waals surface area contributed by atoms with Crippen molar-refractivity contribution in [2.24, 2.45) is 0 Å². The van der Waals surface area contributed by atoms with Crippen molar-refractivity contribution < 1.29 is 0 Å². The predicted octanol–water partition coefficient (Wildman–Crippen LogP) is 4.42. The maximum atomic E-state index is 6.24. The number of rotatable bonds is 5. The van der Waals surface area contributed by atoms with E-state index in [0.29, 0.717) is 17.3 Å². The van der Waals surface area contributed by atoms with Crippen LogP contribution in [0.25, 0.3) is 0 Å². The molecule has 24 heavy (non-hydrogen) atoms. The van der Waals surface area contributed by atoms with Crippen molar-refractivity contribution in [2.45, 2.75) is 20.3 Å². The van der Waals surface area contributed by atoms with Gasteiger partial charge in [-0.1, -0.05) is 37.3 Å². The molecule has 0 amide bonds. The number of hydrogen-bond donors (Lipinski definition) is 3. The van der Waals surface area contributed by atoms with Crippen LogP contribution in [0, 0.1) is 6.92 Å². The first kappa shape index (κ1) is 15.8. The Morgan fingerprint density at radius 3 is 2.25 bits per heavy atom. The van der Waals surface area contributed by atoms with E-state index < -0.39 is 0 Å². The molecule has 2 aromatic carbocycles. The van der Waals surface area contributed by atoms with Crippen LogP contribution >= 0.6 is 0 Å². The monoisotopic (exact) mass is 319 g/mol. The summed E-state index contributed by atoms with van der Waals surface area (Å²) in [6, 6.07) is 16.2. The van der Waals surface area contributed by atoms with Gasteiger partial charge in [-0.15, -0.1) is 0 Å². The summed E-state index contributed by atoms with van der Waals surface area (Å²) >= 11 is 0. The van der Waals surface area contributed by atoms with Crippen LogP contribution in [0.3, 0.4) is 0 Å². The van der Waals surface area contributed by atoms with Gasteiger partial charge in [0.1, 0.15) is 12.0 Å². The second kappa shape index (κ2) is 7.00. The van der Waals surface area contributed by atoms with Gasteiger partial charge < -0.3 is 16.4 Å². The Bertz CT molecular complexity index is 827. The summed E-state index contributed by atoms with van der Waals surface area (Å²) in [6.07, 6.45) is 2.51. The van der Waals surface area contributed by atoms with E-state index in [9.17, 15) is 0 Å². The molecule has 5 heteroatoms. The summed E-state index contributed by atoms with van der Waals surface area (Å²) in [5.41, 5.74) is 11.1. The molecule has 0 spiro atoms. The second-order valence-electron chi connectivity index (χ2n) is 5.60. The molecule has 0 radical (unpaired) electrons. The van der Waals surface area contributed by atoms with E-state index in [1.54, 1.807) is 0 Å². The highest BCUT2D eigenvalue weighted by atomic mass is 15.1. The standard InChI is InChI=1S/C19H21N5/c1-3-14-8-10-15(11-9-14)23-18-17(20)19(22-12-21-18)24-16-7-5-4-6-13(16)2/h4-12H,3,20H2,1-2H3,(H2,21,22,23,24). The van der Waals surface area contributed by atoms with Gasteiger partial charge in [-0.2, -0.15) is 0 Å². The summed E-state index contributed by atoms with van der Waals surface area (Å²) in [5.74, 6) is 1.18. The van der Waals surface area contributed by atoms with Crippen molar-refractivity contribution >= 4 is 28.7 Å². The third-order valence-corrected chi connectivity index (χ3v) is 3.91. The highest BCUT2D eigenvalue weighted by Crippen LogP contribution is 2.29. The SMILES string of the molecule is CCc1ccc(Nc2ncnc(Nc3ccccc3C)c2N)cc1. The van der Waals surface area contributed by atoms with Crippen molar-refractivity contribution in [3.63, 3.8) is 0 Å². The Morgan fingerprint density at radius 1 is 0.917 bits per heavy atom. The van der Waals surface area contributed by atoms with E-state index in [-0.39, 0.29) is 0 Å². The molecule has 122 valence electrons. The van der Waals surface area contributed by atoms with Gasteiger partial charge in [-0.05, 0) is 42.7 Å². The Morgan fingerprint density at radius 2 is 1.58 bits per heavy atom. The molecule has 0 atom stereocenters. The lowest BCUT2D eigenvalue weighted by atomic mass is 10.1. The number of aromatic nitrogens is 2. The van der Waals surface area contributed by atoms with E-state index in [4.69, 9.17) is 5.73 Å². The Labute approximate surface area is 142 Å². The molecule has 0 saturated heterocycles. The molecule has 0 aliphatic heterocycles. The van der Waals surface area contributed by atoms with Gasteiger partial charge in [0, 0.05) is 11.4 Å². The topological polar surface area (TPSA) is 75.9 Å². The molecule has 3 aromatic rings. The maximum Gasteiger partial charge on any atom is 0.159 e. The molecule has 1 aromatic heterocycles. The zero-order chi connectivity index (χ0) is 16.9. The Balaban J connectivity index is 1.83. The normalized spacial score (nSPS) is 10.4. The van der Waals surface area contributed by atoms with E-state index >= 15 is 0 Å². The summed E-state index contributed by atoms with van der Waals surface area (Å²) in [5, 5.41) is 6.52. The zero-order valence-corrected chi connectivity index (χ0v) is 13.9. The summed E-state index contributed by atoms with van der Waals surface area (Å²) < 4.78 is 0. The molecular formula is C19H21N5. The third-order valence-electron chi connectivity index (χ3n) is 3.91. The lowest BCUT2D eigenvalue weighted by Crippen LogP contribution is -2.05. The largest absolute Gasteiger partial charge is 0.393 e. The first-order chi connectivity index (χ1) is 11.7. The van der Waals surface area contributed by atoms with Gasteiger partial charge in [-0.25, -0.2) is 9.97 Å². The van der Waals surface area contributed by atoms with Gasteiger partial charge in [-0.3, -0.25) is 0 Å². The average Bonchev–Trinajstić information content (AvgIpc) is 2.61. The van der Waals surface area contributed by atoms with Gasteiger partial charge in [0.05, 0.1) is 0 Å². The number of benzene rings is 2. The average molecular weight is 319 g/mol. The minimum absolute atomic E-state index is 0.486. The number of nitrogens with one attached hydrogen (secondary N) is 2. The minimum atomic E-state index is 0.486. The molecule has 0 aliphatic carbocycles. The molecule has 4 N–H and O–H groups in total. The van der Waals surface area contributed by atoms with E-state index in [1.807, 2.05) is 43.3 Å². The van der Waals surface area contributed by atoms with Crippen LogP contribution in [0.15, 0.2) is 54.9 Å². The number of aryl methyl sites for hydroxylation is 2. The van der Waals surface area contributed by atoms with Crippen LogP contribution in [0.5, 0.6) is 0 Å².